The van der Waals surface area contributed by atoms with Crippen LogP contribution in [0.4, 0.5) is 5.69 Å². The number of hydrogen-bond acceptors (Lipinski definition) is 4. The lowest BCUT2D eigenvalue weighted by molar-refractivity contribution is 0.103. The van der Waals surface area contributed by atoms with Crippen LogP contribution in [-0.4, -0.2) is 15.7 Å². The van der Waals surface area contributed by atoms with Gasteiger partial charge in [0.15, 0.2) is 0 Å². The summed E-state index contributed by atoms with van der Waals surface area (Å²) in [6.45, 7) is 7.26. The van der Waals surface area contributed by atoms with E-state index < -0.39 is 0 Å². The maximum atomic E-state index is 12.7. The zero-order valence-corrected chi connectivity index (χ0v) is 18.7. The minimum atomic E-state index is -0.140. The Kier molecular flexibility index (Phi) is 6.18. The van der Waals surface area contributed by atoms with E-state index in [9.17, 15) is 4.79 Å². The zero-order chi connectivity index (χ0) is 21.8. The molecular weight excluding hydrogens is 406 g/mol. The van der Waals surface area contributed by atoms with E-state index in [2.05, 4.69) is 29.5 Å². The predicted molar refractivity (Wildman–Crippen MR) is 125 cm³/mol. The molecule has 0 bridgehead atoms. The molecule has 0 spiro atoms. The average molecular weight is 432 g/mol. The van der Waals surface area contributed by atoms with Crippen LogP contribution >= 0.6 is 11.3 Å². The van der Waals surface area contributed by atoms with Crippen molar-refractivity contribution in [3.63, 3.8) is 0 Å². The van der Waals surface area contributed by atoms with Crippen LogP contribution in [0, 0.1) is 20.8 Å². The Bertz CT molecular complexity index is 1190. The van der Waals surface area contributed by atoms with Gasteiger partial charge in [-0.1, -0.05) is 42.5 Å². The van der Waals surface area contributed by atoms with E-state index in [1.807, 2.05) is 66.5 Å². The van der Waals surface area contributed by atoms with Gasteiger partial charge in [0.25, 0.3) is 5.91 Å². The molecule has 2 aromatic carbocycles. The summed E-state index contributed by atoms with van der Waals surface area (Å²) in [7, 11) is 0. The number of aromatic nitrogens is 2. The Balaban J connectivity index is 1.36. The number of para-hydroxylation sites is 1. The van der Waals surface area contributed by atoms with Gasteiger partial charge in [-0.2, -0.15) is 5.10 Å². The summed E-state index contributed by atoms with van der Waals surface area (Å²) in [5.41, 5.74) is 6.30. The number of hydrogen-bond donors (Lipinski definition) is 1. The Hall–Kier alpha value is -3.38. The second-order valence-electron chi connectivity index (χ2n) is 7.64. The Morgan fingerprint density at radius 2 is 1.81 bits per heavy atom. The Morgan fingerprint density at radius 3 is 2.58 bits per heavy atom. The molecule has 2 aromatic heterocycles. The monoisotopic (exact) mass is 431 g/mol. The molecule has 0 aliphatic heterocycles. The summed E-state index contributed by atoms with van der Waals surface area (Å²) >= 11 is 1.41. The SMILES string of the molecule is Cc1ccccc1Cn1cc(NC(=O)c2cc(COc3c(C)cccc3C)cs2)cn1. The summed E-state index contributed by atoms with van der Waals surface area (Å²) < 4.78 is 7.83. The van der Waals surface area contributed by atoms with Crippen molar-refractivity contribution in [3.05, 3.63) is 99.0 Å². The predicted octanol–water partition coefficient (Wildman–Crippen LogP) is 5.75. The third-order valence-electron chi connectivity index (χ3n) is 5.15. The summed E-state index contributed by atoms with van der Waals surface area (Å²) in [6.07, 6.45) is 3.53. The summed E-state index contributed by atoms with van der Waals surface area (Å²) in [6, 6.07) is 16.2. The first-order chi connectivity index (χ1) is 15.0. The molecule has 0 atom stereocenters. The molecule has 5 nitrogen and oxygen atoms in total. The van der Waals surface area contributed by atoms with Crippen LogP contribution < -0.4 is 10.1 Å². The number of amides is 1. The smallest absolute Gasteiger partial charge is 0.265 e. The van der Waals surface area contributed by atoms with Crippen LogP contribution in [0.5, 0.6) is 5.75 Å². The molecule has 0 saturated heterocycles. The highest BCUT2D eigenvalue weighted by Crippen LogP contribution is 2.25. The number of ether oxygens (including phenoxy) is 1. The van der Waals surface area contributed by atoms with Gasteiger partial charge in [0, 0.05) is 11.8 Å². The molecule has 0 aliphatic rings. The maximum Gasteiger partial charge on any atom is 0.265 e. The van der Waals surface area contributed by atoms with E-state index in [-0.39, 0.29) is 5.91 Å². The number of aryl methyl sites for hydroxylation is 3. The van der Waals surface area contributed by atoms with Crippen molar-refractivity contribution in [2.75, 3.05) is 5.32 Å². The van der Waals surface area contributed by atoms with E-state index in [4.69, 9.17) is 4.74 Å². The molecule has 1 N–H and O–H groups in total. The van der Waals surface area contributed by atoms with Crippen LogP contribution in [0.15, 0.2) is 66.3 Å². The molecule has 0 saturated carbocycles. The maximum absolute atomic E-state index is 12.7. The molecule has 0 unspecified atom stereocenters. The number of carbonyl (C=O) groups is 1. The van der Waals surface area contributed by atoms with Gasteiger partial charge in [0.1, 0.15) is 12.4 Å². The first-order valence-corrected chi connectivity index (χ1v) is 11.0. The minimum Gasteiger partial charge on any atom is -0.488 e. The van der Waals surface area contributed by atoms with E-state index in [0.29, 0.717) is 23.7 Å². The van der Waals surface area contributed by atoms with Crippen molar-refractivity contribution in [2.24, 2.45) is 0 Å². The third-order valence-corrected chi connectivity index (χ3v) is 6.13. The largest absolute Gasteiger partial charge is 0.488 e. The highest BCUT2D eigenvalue weighted by molar-refractivity contribution is 7.12. The number of carbonyl (C=O) groups excluding carboxylic acids is 1. The highest BCUT2D eigenvalue weighted by Gasteiger charge is 2.12. The fourth-order valence-electron chi connectivity index (χ4n) is 3.42. The molecule has 6 heteroatoms. The molecule has 0 fully saturated rings. The van der Waals surface area contributed by atoms with Gasteiger partial charge in [-0.25, -0.2) is 0 Å². The summed E-state index contributed by atoms with van der Waals surface area (Å²) in [5, 5.41) is 9.26. The normalized spacial score (nSPS) is 10.8. The molecule has 4 rings (SSSR count). The molecule has 1 amide bonds. The van der Waals surface area contributed by atoms with Crippen LogP contribution in [0.1, 0.15) is 37.5 Å². The van der Waals surface area contributed by atoms with Crippen molar-refractivity contribution in [1.29, 1.82) is 0 Å². The summed E-state index contributed by atoms with van der Waals surface area (Å²) in [4.78, 5) is 13.3. The lowest BCUT2D eigenvalue weighted by Gasteiger charge is -2.10. The highest BCUT2D eigenvalue weighted by atomic mass is 32.1. The van der Waals surface area contributed by atoms with E-state index in [0.717, 1.165) is 22.4 Å². The average Bonchev–Trinajstić information content (AvgIpc) is 3.39. The molecule has 2 heterocycles. The standard InChI is InChI=1S/C25H25N3O2S/c1-17-7-4-5-10-21(17)13-28-14-22(12-26-28)27-25(29)23-11-20(16-31-23)15-30-24-18(2)8-6-9-19(24)3/h4-12,14,16H,13,15H2,1-3H3,(H,27,29). The first-order valence-electron chi connectivity index (χ1n) is 10.1. The van der Waals surface area contributed by atoms with Gasteiger partial charge in [0.2, 0.25) is 0 Å². The minimum absolute atomic E-state index is 0.140. The van der Waals surface area contributed by atoms with E-state index in [1.165, 1.54) is 22.5 Å². The lowest BCUT2D eigenvalue weighted by Crippen LogP contribution is -2.09. The Labute approximate surface area is 186 Å². The molecular formula is C25H25N3O2S. The third kappa shape index (κ3) is 5.03. The fraction of sp³-hybridized carbons (Fsp3) is 0.200. The van der Waals surface area contributed by atoms with Crippen molar-refractivity contribution >= 4 is 22.9 Å². The van der Waals surface area contributed by atoms with Crippen molar-refractivity contribution in [3.8, 4) is 5.75 Å². The van der Waals surface area contributed by atoms with Crippen molar-refractivity contribution in [2.45, 2.75) is 33.9 Å². The topological polar surface area (TPSA) is 56.2 Å². The number of anilines is 1. The molecule has 4 aromatic rings. The zero-order valence-electron chi connectivity index (χ0n) is 17.9. The van der Waals surface area contributed by atoms with Crippen LogP contribution in [-0.2, 0) is 13.2 Å². The van der Waals surface area contributed by atoms with Crippen LogP contribution in [0.25, 0.3) is 0 Å². The number of nitrogens with one attached hydrogen (secondary N) is 1. The first kappa shape index (κ1) is 20.9. The molecule has 31 heavy (non-hydrogen) atoms. The Morgan fingerprint density at radius 1 is 1.06 bits per heavy atom. The van der Waals surface area contributed by atoms with Gasteiger partial charge >= 0.3 is 0 Å². The number of thiophene rings is 1. The van der Waals surface area contributed by atoms with Gasteiger partial charge in [-0.3, -0.25) is 9.48 Å². The van der Waals surface area contributed by atoms with E-state index in [1.54, 1.807) is 6.20 Å². The number of nitrogens with zero attached hydrogens (tertiary/aromatic N) is 2. The molecule has 0 aliphatic carbocycles. The van der Waals surface area contributed by atoms with Crippen molar-refractivity contribution in [1.82, 2.24) is 9.78 Å². The van der Waals surface area contributed by atoms with Crippen LogP contribution in [0.3, 0.4) is 0 Å². The number of rotatable bonds is 7. The van der Waals surface area contributed by atoms with Gasteiger partial charge in [-0.05, 0) is 54.5 Å². The van der Waals surface area contributed by atoms with Crippen molar-refractivity contribution < 1.29 is 9.53 Å². The molecule has 158 valence electrons. The van der Waals surface area contributed by atoms with Gasteiger partial charge < -0.3 is 10.1 Å². The number of benzene rings is 2. The lowest BCUT2D eigenvalue weighted by atomic mass is 10.1. The quantitative estimate of drug-likeness (QED) is 0.405. The van der Waals surface area contributed by atoms with Gasteiger partial charge in [0.05, 0.1) is 23.3 Å². The second-order valence-corrected chi connectivity index (χ2v) is 8.55. The second kappa shape index (κ2) is 9.18. The fourth-order valence-corrected chi connectivity index (χ4v) is 4.21. The summed E-state index contributed by atoms with van der Waals surface area (Å²) in [5.74, 6) is 0.763. The van der Waals surface area contributed by atoms with E-state index >= 15 is 0 Å². The van der Waals surface area contributed by atoms with Crippen LogP contribution in [0.2, 0.25) is 0 Å². The van der Waals surface area contributed by atoms with Gasteiger partial charge in [-0.15, -0.1) is 11.3 Å². The molecule has 0 radical (unpaired) electrons.